The molecule has 60 heavy (non-hydrogen) atoms. The molecule has 0 unspecified atom stereocenters. The SMILES string of the molecule is Cc1ncc(-c2ccc3nc(N(C)C(=O)CCCCCNC(=O)CCCCCNC(=O)CCCC[C@@H]4SC[C@]5(C)NC(=O)N[C@H]45)sc3c2)cc1NC(=O)Cc1ccccc1. The Bertz CT molecular complexity index is 2130. The van der Waals surface area contributed by atoms with E-state index in [9.17, 15) is 24.0 Å². The third-order valence-corrected chi connectivity index (χ3v) is 14.0. The number of thioether (sulfide) groups is 1. The Labute approximate surface area is 361 Å². The van der Waals surface area contributed by atoms with Crippen LogP contribution in [-0.2, 0) is 25.6 Å². The van der Waals surface area contributed by atoms with E-state index in [1.807, 2.05) is 73.3 Å². The molecular weight excluding hydrogens is 797 g/mol. The van der Waals surface area contributed by atoms with Gasteiger partial charge in [0.1, 0.15) is 0 Å². The van der Waals surface area contributed by atoms with Crippen LogP contribution in [0.2, 0.25) is 0 Å². The van der Waals surface area contributed by atoms with Crippen molar-refractivity contribution < 1.29 is 24.0 Å². The number of benzene rings is 2. The molecule has 0 radical (unpaired) electrons. The molecule has 3 atom stereocenters. The van der Waals surface area contributed by atoms with E-state index in [2.05, 4.69) is 38.5 Å². The van der Waals surface area contributed by atoms with Gasteiger partial charge in [-0.25, -0.2) is 9.78 Å². The van der Waals surface area contributed by atoms with Crippen LogP contribution < -0.4 is 31.5 Å². The summed E-state index contributed by atoms with van der Waals surface area (Å²) in [5.74, 6) is 0.921. The number of urea groups is 1. The zero-order valence-corrected chi connectivity index (χ0v) is 36.6. The number of nitrogens with zero attached hydrogens (tertiary/aromatic N) is 3. The molecule has 0 saturated carbocycles. The molecule has 0 bridgehead atoms. The number of hydrogen-bond acceptors (Lipinski definition) is 9. The molecule has 2 aromatic carbocycles. The number of aryl methyl sites for hydroxylation is 1. The van der Waals surface area contributed by atoms with Crippen LogP contribution in [0.5, 0.6) is 0 Å². The number of thiazole rings is 1. The van der Waals surface area contributed by atoms with Crippen LogP contribution in [0, 0.1) is 6.92 Å². The van der Waals surface area contributed by atoms with Crippen LogP contribution in [0.3, 0.4) is 0 Å². The van der Waals surface area contributed by atoms with Crippen LogP contribution in [-0.4, -0.2) is 82.3 Å². The normalized spacial score (nSPS) is 18.1. The summed E-state index contributed by atoms with van der Waals surface area (Å²) in [4.78, 5) is 73.0. The lowest BCUT2D eigenvalue weighted by molar-refractivity contribution is -0.122. The average Bonchev–Trinajstić information content (AvgIpc) is 3.89. The fourth-order valence-corrected chi connectivity index (χ4v) is 10.4. The van der Waals surface area contributed by atoms with Gasteiger partial charge >= 0.3 is 6.03 Å². The number of unbranched alkanes of at least 4 members (excludes halogenated alkanes) is 5. The number of anilines is 2. The number of fused-ring (bicyclic) bond motifs is 2. The first kappa shape index (κ1) is 44.5. The molecule has 2 saturated heterocycles. The standard InChI is InChI=1S/C45H58N8O5S2/c1-30-35(49-40(56)25-31-15-7-4-8-16-31)26-33(28-48-30)32-21-22-34-37(27-32)60-44(50-34)53(3)41(57)20-10-6-14-24-46-38(54)18-9-5-13-23-47-39(55)19-12-11-17-36-42-45(2,29-59-36)52-43(58)51-42/h4,7-8,15-16,21-22,26-28,36,42H,5-6,9-14,17-20,23-25,29H2,1-3H3,(H,46,54)(H,47,55)(H,49,56)(H2,51,52,58)/t36-,42+,45-/m0/s1. The predicted molar refractivity (Wildman–Crippen MR) is 241 cm³/mol. The lowest BCUT2D eigenvalue weighted by atomic mass is 9.92. The van der Waals surface area contributed by atoms with Gasteiger partial charge in [0.25, 0.3) is 0 Å². The molecule has 2 aliphatic heterocycles. The Morgan fingerprint density at radius 2 is 1.55 bits per heavy atom. The molecular formula is C45H58N8O5S2. The van der Waals surface area contributed by atoms with Crippen LogP contribution in [0.1, 0.15) is 95.2 Å². The number of pyridine rings is 1. The first-order valence-electron chi connectivity index (χ1n) is 21.2. The zero-order chi connectivity index (χ0) is 42.5. The lowest BCUT2D eigenvalue weighted by Gasteiger charge is -2.23. The Morgan fingerprint density at radius 1 is 0.850 bits per heavy atom. The van der Waals surface area contributed by atoms with Crippen molar-refractivity contribution in [1.29, 1.82) is 0 Å². The Kier molecular flexibility index (Phi) is 15.9. The highest BCUT2D eigenvalue weighted by molar-refractivity contribution is 8.00. The van der Waals surface area contributed by atoms with E-state index in [1.54, 1.807) is 18.1 Å². The second-order valence-electron chi connectivity index (χ2n) is 16.1. The van der Waals surface area contributed by atoms with Crippen molar-refractivity contribution in [1.82, 2.24) is 31.2 Å². The first-order chi connectivity index (χ1) is 29.0. The highest BCUT2D eigenvalue weighted by Gasteiger charge is 2.51. The maximum atomic E-state index is 13.0. The number of amides is 6. The minimum atomic E-state index is -0.163. The number of rotatable bonds is 22. The van der Waals surface area contributed by atoms with Crippen molar-refractivity contribution in [2.24, 2.45) is 0 Å². The molecule has 5 N–H and O–H groups in total. The molecule has 15 heteroatoms. The van der Waals surface area contributed by atoms with Gasteiger partial charge in [0.05, 0.1) is 39.6 Å². The summed E-state index contributed by atoms with van der Waals surface area (Å²) in [6, 6.07) is 17.6. The van der Waals surface area contributed by atoms with Gasteiger partial charge in [0.2, 0.25) is 23.6 Å². The van der Waals surface area contributed by atoms with Gasteiger partial charge in [-0.3, -0.25) is 29.1 Å². The summed E-state index contributed by atoms with van der Waals surface area (Å²) in [5.41, 5.74) is 4.81. The van der Waals surface area contributed by atoms with Crippen molar-refractivity contribution in [2.75, 3.05) is 36.1 Å². The van der Waals surface area contributed by atoms with Gasteiger partial charge in [-0.15, -0.1) is 0 Å². The highest BCUT2D eigenvalue weighted by atomic mass is 32.2. The number of aromatic nitrogens is 2. The largest absolute Gasteiger partial charge is 0.356 e. The van der Waals surface area contributed by atoms with Gasteiger partial charge in [0, 0.05) is 62.2 Å². The molecule has 2 fully saturated rings. The van der Waals surface area contributed by atoms with Crippen molar-refractivity contribution in [3.63, 3.8) is 0 Å². The van der Waals surface area contributed by atoms with Crippen LogP contribution in [0.4, 0.5) is 15.6 Å². The summed E-state index contributed by atoms with van der Waals surface area (Å²) >= 11 is 3.36. The van der Waals surface area contributed by atoms with E-state index in [0.29, 0.717) is 48.4 Å². The second kappa shape index (κ2) is 21.5. The van der Waals surface area contributed by atoms with E-state index >= 15 is 0 Å². The summed E-state index contributed by atoms with van der Waals surface area (Å²) in [5, 5.41) is 16.1. The zero-order valence-electron chi connectivity index (χ0n) is 34.9. The second-order valence-corrected chi connectivity index (χ2v) is 18.3. The molecule has 0 spiro atoms. The van der Waals surface area contributed by atoms with Gasteiger partial charge in [-0.2, -0.15) is 11.8 Å². The quantitative estimate of drug-likeness (QED) is 0.0405. The number of hydrogen-bond donors (Lipinski definition) is 5. The number of carbonyl (C=O) groups excluding carboxylic acids is 5. The van der Waals surface area contributed by atoms with E-state index in [4.69, 9.17) is 4.98 Å². The van der Waals surface area contributed by atoms with E-state index in [0.717, 1.165) is 96.1 Å². The third kappa shape index (κ3) is 12.5. The predicted octanol–water partition coefficient (Wildman–Crippen LogP) is 7.28. The molecule has 13 nitrogen and oxygen atoms in total. The molecule has 2 aliphatic rings. The minimum Gasteiger partial charge on any atom is -0.356 e. The highest BCUT2D eigenvalue weighted by Crippen LogP contribution is 2.40. The topological polar surface area (TPSA) is 175 Å². The van der Waals surface area contributed by atoms with E-state index < -0.39 is 0 Å². The van der Waals surface area contributed by atoms with Gasteiger partial charge in [-0.1, -0.05) is 67.0 Å². The van der Waals surface area contributed by atoms with Gasteiger partial charge < -0.3 is 26.6 Å². The number of nitrogens with one attached hydrogen (secondary N) is 5. The Balaban J connectivity index is 0.801. The van der Waals surface area contributed by atoms with Crippen molar-refractivity contribution in [3.05, 3.63) is 72.1 Å². The summed E-state index contributed by atoms with van der Waals surface area (Å²) in [6.07, 6.45) is 11.1. The maximum Gasteiger partial charge on any atom is 0.315 e. The molecule has 4 aromatic rings. The minimum absolute atomic E-state index is 0.00152. The fourth-order valence-electron chi connectivity index (χ4n) is 7.66. The van der Waals surface area contributed by atoms with Crippen molar-refractivity contribution >= 4 is 73.8 Å². The Morgan fingerprint density at radius 3 is 2.28 bits per heavy atom. The van der Waals surface area contributed by atoms with Crippen LogP contribution >= 0.6 is 23.1 Å². The lowest BCUT2D eigenvalue weighted by Crippen LogP contribution is -2.47. The molecule has 6 amide bonds. The monoisotopic (exact) mass is 854 g/mol. The van der Waals surface area contributed by atoms with Crippen molar-refractivity contribution in [2.45, 2.75) is 114 Å². The first-order valence-corrected chi connectivity index (χ1v) is 23.1. The average molecular weight is 855 g/mol. The van der Waals surface area contributed by atoms with Gasteiger partial charge in [-0.05, 0) is 81.7 Å². The van der Waals surface area contributed by atoms with E-state index in [1.165, 1.54) is 11.3 Å². The summed E-state index contributed by atoms with van der Waals surface area (Å²) in [7, 11) is 1.76. The van der Waals surface area contributed by atoms with E-state index in [-0.39, 0.29) is 47.7 Å². The van der Waals surface area contributed by atoms with Gasteiger partial charge in [0.15, 0.2) is 5.13 Å². The van der Waals surface area contributed by atoms with Crippen molar-refractivity contribution in [3.8, 4) is 11.1 Å². The molecule has 2 aromatic heterocycles. The maximum absolute atomic E-state index is 13.0. The Hall–Kier alpha value is -5.02. The van der Waals surface area contributed by atoms with Crippen LogP contribution in [0.15, 0.2) is 60.8 Å². The summed E-state index contributed by atoms with van der Waals surface area (Å²) in [6.45, 7) is 5.17. The smallest absolute Gasteiger partial charge is 0.315 e. The third-order valence-electron chi connectivity index (χ3n) is 11.2. The molecule has 320 valence electrons. The molecule has 4 heterocycles. The number of carbonyl (C=O) groups is 5. The fraction of sp³-hybridized carbons (Fsp3) is 0.489. The van der Waals surface area contributed by atoms with Crippen LogP contribution in [0.25, 0.3) is 21.3 Å². The molecule has 6 rings (SSSR count). The summed E-state index contributed by atoms with van der Waals surface area (Å²) < 4.78 is 0.949. The molecule has 0 aliphatic carbocycles.